The zero-order valence-electron chi connectivity index (χ0n) is 13.6. The van der Waals surface area contributed by atoms with Gasteiger partial charge in [-0.25, -0.2) is 60.7 Å². The van der Waals surface area contributed by atoms with Crippen molar-refractivity contribution in [2.24, 2.45) is 0 Å². The molecule has 0 heterocycles. The van der Waals surface area contributed by atoms with E-state index in [-0.39, 0.29) is 0 Å². The topological polar surface area (TPSA) is 105 Å². The first-order chi connectivity index (χ1) is 14.0. The molecule has 0 atom stereocenters. The van der Waals surface area contributed by atoms with Crippen LogP contribution in [0.25, 0.3) is 5.53 Å². The lowest BCUT2D eigenvalue weighted by Gasteiger charge is -2.09. The molecular weight excluding hydrogens is 502 g/mol. The third kappa shape index (κ3) is 3.35. The van der Waals surface area contributed by atoms with Crippen LogP contribution in [-0.4, -0.2) is 26.0 Å². The van der Waals surface area contributed by atoms with Crippen molar-refractivity contribution >= 4 is 24.1 Å². The van der Waals surface area contributed by atoms with Crippen LogP contribution < -0.4 is 0 Å². The molecule has 0 aliphatic rings. The molecule has 168 valence electrons. The lowest BCUT2D eigenvalue weighted by Crippen LogP contribution is -2.30. The average Bonchev–Trinajstić information content (AvgIpc) is 2.67. The van der Waals surface area contributed by atoms with Crippen molar-refractivity contribution < 1.29 is 65.5 Å². The largest absolute Gasteiger partial charge is 0.504 e. The lowest BCUT2D eigenvalue weighted by atomic mass is 10.3. The van der Waals surface area contributed by atoms with Gasteiger partial charge in [0.25, 0.3) is 19.7 Å². The highest BCUT2D eigenvalue weighted by atomic mass is 32.3. The van der Waals surface area contributed by atoms with Gasteiger partial charge in [0.2, 0.25) is 11.6 Å². The first-order valence-electron chi connectivity index (χ1n) is 6.80. The van der Waals surface area contributed by atoms with Crippen molar-refractivity contribution in [2.75, 3.05) is 0 Å². The van der Waals surface area contributed by atoms with E-state index in [0.29, 0.717) is 0 Å². The Morgan fingerprint density at radius 1 is 0.484 bits per heavy atom. The molecule has 2 aromatic rings. The summed E-state index contributed by atoms with van der Waals surface area (Å²) >= 11 is 0. The Morgan fingerprint density at radius 2 is 0.677 bits per heavy atom. The molecule has 0 fully saturated rings. The average molecular weight is 502 g/mol. The maximum atomic E-state index is 13.8. The third-order valence-corrected chi connectivity index (χ3v) is 7.61. The molecule has 0 aliphatic heterocycles. The van der Waals surface area contributed by atoms with Crippen LogP contribution in [0, 0.1) is 58.2 Å². The minimum absolute atomic E-state index is 1.51. The smallest absolute Gasteiger partial charge is 0.359 e. The van der Waals surface area contributed by atoms with Crippen LogP contribution in [0.2, 0.25) is 0 Å². The lowest BCUT2D eigenvalue weighted by molar-refractivity contribution is 0.00371. The number of sulfone groups is 2. The highest BCUT2D eigenvalue weighted by Crippen LogP contribution is 2.32. The van der Waals surface area contributed by atoms with E-state index in [1.165, 1.54) is 4.79 Å². The highest BCUT2D eigenvalue weighted by molar-refractivity contribution is 8.31. The van der Waals surface area contributed by atoms with Crippen molar-refractivity contribution in [2.45, 2.75) is 9.79 Å². The van der Waals surface area contributed by atoms with Crippen LogP contribution in [0.4, 0.5) is 43.9 Å². The number of hydrogen-bond acceptors (Lipinski definition) is 4. The molecular formula is C13F10N2O4S2. The van der Waals surface area contributed by atoms with E-state index in [1.54, 1.807) is 0 Å². The van der Waals surface area contributed by atoms with E-state index in [1.807, 2.05) is 0 Å². The maximum absolute atomic E-state index is 13.8. The van der Waals surface area contributed by atoms with E-state index in [2.05, 4.69) is 0 Å². The zero-order chi connectivity index (χ0) is 24.2. The fourth-order valence-electron chi connectivity index (χ4n) is 2.07. The Morgan fingerprint density at radius 3 is 0.871 bits per heavy atom. The fourth-order valence-corrected chi connectivity index (χ4v) is 5.59. The van der Waals surface area contributed by atoms with Crippen molar-refractivity contribution in [3.8, 4) is 0 Å². The number of halogens is 10. The second-order valence-electron chi connectivity index (χ2n) is 5.17. The second kappa shape index (κ2) is 7.61. The first-order valence-corrected chi connectivity index (χ1v) is 9.76. The van der Waals surface area contributed by atoms with Gasteiger partial charge in [0.15, 0.2) is 56.3 Å². The molecule has 0 N–H and O–H groups in total. The van der Waals surface area contributed by atoms with Gasteiger partial charge in [-0.2, -0.15) is 0 Å². The van der Waals surface area contributed by atoms with Crippen LogP contribution in [0.15, 0.2) is 9.79 Å². The number of nitrogens with zero attached hydrogens (tertiary/aromatic N) is 2. The Bertz CT molecular complexity index is 1260. The molecule has 0 spiro atoms. The van der Waals surface area contributed by atoms with Gasteiger partial charge in [-0.3, -0.25) is 0 Å². The number of hydrogen-bond donors (Lipinski definition) is 0. The summed E-state index contributed by atoms with van der Waals surface area (Å²) in [6, 6.07) is 0. The summed E-state index contributed by atoms with van der Waals surface area (Å²) in [6.07, 6.45) is 0. The van der Waals surface area contributed by atoms with Crippen LogP contribution in [-0.2, 0) is 19.7 Å². The quantitative estimate of drug-likeness (QED) is 0.0921. The molecule has 0 radical (unpaired) electrons. The van der Waals surface area contributed by atoms with Crippen LogP contribution in [0.5, 0.6) is 0 Å². The summed E-state index contributed by atoms with van der Waals surface area (Å²) in [6.45, 7) is 0. The predicted molar refractivity (Wildman–Crippen MR) is 75.5 cm³/mol. The first kappa shape index (κ1) is 24.3. The van der Waals surface area contributed by atoms with E-state index < -0.39 is 92.0 Å². The standard InChI is InChI=1S/C13F10N2O4S2/c14-1-3(16)7(20)11(8(21)4(1)17)30(26,27)13(25-24)31(28,29)12-9(22)5(18)2(15)6(19)10(12)23. The van der Waals surface area contributed by atoms with E-state index in [0.717, 1.165) is 0 Å². The molecule has 0 saturated heterocycles. The van der Waals surface area contributed by atoms with Crippen molar-refractivity contribution in [3.05, 3.63) is 63.7 Å². The molecule has 6 nitrogen and oxygen atoms in total. The monoisotopic (exact) mass is 502 g/mol. The summed E-state index contributed by atoms with van der Waals surface area (Å²) in [5, 5.41) is 0. The summed E-state index contributed by atoms with van der Waals surface area (Å²) < 4.78 is 180. The van der Waals surface area contributed by atoms with Crippen LogP contribution in [0.3, 0.4) is 0 Å². The van der Waals surface area contributed by atoms with Gasteiger partial charge in [-0.1, -0.05) is 0 Å². The molecule has 0 aliphatic carbocycles. The summed E-state index contributed by atoms with van der Waals surface area (Å²) in [5.74, 6) is -30.3. The SMILES string of the molecule is [N-]=[N+]=C(S(=O)(=O)c1c(F)c(F)c(F)c(F)c1F)S(=O)(=O)c1c(F)c(F)c(F)c(F)c1F. The van der Waals surface area contributed by atoms with E-state index >= 15 is 0 Å². The number of rotatable bonds is 2. The molecule has 0 aromatic heterocycles. The molecule has 0 unspecified atom stereocenters. The van der Waals surface area contributed by atoms with Crippen molar-refractivity contribution in [1.29, 1.82) is 0 Å². The molecule has 2 aromatic carbocycles. The van der Waals surface area contributed by atoms with Gasteiger partial charge in [0, 0.05) is 0 Å². The predicted octanol–water partition coefficient (Wildman–Crippen LogP) is 2.91. The van der Waals surface area contributed by atoms with E-state index in [9.17, 15) is 60.7 Å². The minimum Gasteiger partial charge on any atom is -0.359 e. The third-order valence-electron chi connectivity index (χ3n) is 3.42. The van der Waals surface area contributed by atoms with Gasteiger partial charge in [0.05, 0.1) is 0 Å². The van der Waals surface area contributed by atoms with Crippen LogP contribution >= 0.6 is 0 Å². The van der Waals surface area contributed by atoms with Crippen molar-refractivity contribution in [1.82, 2.24) is 0 Å². The highest BCUT2D eigenvalue weighted by Gasteiger charge is 2.52. The number of benzene rings is 2. The maximum Gasteiger partial charge on any atom is 0.504 e. The molecule has 0 bridgehead atoms. The normalized spacial score (nSPS) is 12.1. The van der Waals surface area contributed by atoms with Gasteiger partial charge >= 0.3 is 4.38 Å². The molecule has 0 amide bonds. The Balaban J connectivity index is 2.99. The minimum atomic E-state index is -6.71. The Kier molecular flexibility index (Phi) is 5.97. The van der Waals surface area contributed by atoms with E-state index in [4.69, 9.17) is 5.53 Å². The molecule has 2 rings (SSSR count). The van der Waals surface area contributed by atoms with Gasteiger partial charge in [0.1, 0.15) is 0 Å². The fraction of sp³-hybridized carbons (Fsp3) is 0. The molecule has 18 heteroatoms. The van der Waals surface area contributed by atoms with Crippen LogP contribution in [0.1, 0.15) is 0 Å². The van der Waals surface area contributed by atoms with Crippen molar-refractivity contribution in [3.63, 3.8) is 0 Å². The summed E-state index contributed by atoms with van der Waals surface area (Å²) in [5.41, 5.74) is 8.69. The van der Waals surface area contributed by atoms with Gasteiger partial charge < -0.3 is 5.53 Å². The second-order valence-corrected chi connectivity index (χ2v) is 9.03. The Labute approximate surface area is 163 Å². The summed E-state index contributed by atoms with van der Waals surface area (Å²) in [4.78, 5) is -4.40. The Hall–Kier alpha value is -2.98. The molecule has 0 saturated carbocycles. The van der Waals surface area contributed by atoms with Gasteiger partial charge in [-0.05, 0) is 0 Å². The zero-order valence-corrected chi connectivity index (χ0v) is 15.3. The molecule has 31 heavy (non-hydrogen) atoms. The van der Waals surface area contributed by atoms with Gasteiger partial charge in [-0.15, -0.1) is 4.79 Å². The summed E-state index contributed by atoms with van der Waals surface area (Å²) in [7, 11) is -13.4.